The van der Waals surface area contributed by atoms with Crippen LogP contribution in [0.4, 0.5) is 5.13 Å². The van der Waals surface area contributed by atoms with Crippen molar-refractivity contribution >= 4 is 28.1 Å². The van der Waals surface area contributed by atoms with Gasteiger partial charge in [0.15, 0.2) is 16.1 Å². The quantitative estimate of drug-likeness (QED) is 0.902. The molecule has 0 bridgehead atoms. The number of nitrogens with one attached hydrogen (secondary N) is 1. The molecule has 8 heteroatoms. The molecule has 0 saturated carbocycles. The van der Waals surface area contributed by atoms with Gasteiger partial charge in [0.2, 0.25) is 5.89 Å². The van der Waals surface area contributed by atoms with Crippen LogP contribution in [0.2, 0.25) is 5.15 Å². The number of anilines is 1. The number of rotatable bonds is 3. The van der Waals surface area contributed by atoms with Gasteiger partial charge in [-0.2, -0.15) is 10.2 Å². The molecular weight excluding hydrogens is 250 g/mol. The van der Waals surface area contributed by atoms with Crippen molar-refractivity contribution in [3.63, 3.8) is 0 Å². The van der Waals surface area contributed by atoms with E-state index in [9.17, 15) is 0 Å². The van der Waals surface area contributed by atoms with Gasteiger partial charge in [-0.3, -0.25) is 0 Å². The molecule has 2 aromatic rings. The molecule has 0 aliphatic heterocycles. The molecule has 16 heavy (non-hydrogen) atoms. The maximum absolute atomic E-state index is 8.69. The Hall–Kier alpha value is -1.65. The predicted molar refractivity (Wildman–Crippen MR) is 58.2 cm³/mol. The second-order valence-corrected chi connectivity index (χ2v) is 4.20. The van der Waals surface area contributed by atoms with Crippen molar-refractivity contribution in [3.8, 4) is 6.07 Å². The summed E-state index contributed by atoms with van der Waals surface area (Å²) in [5, 5.41) is 16.0. The molecule has 0 aliphatic rings. The summed E-state index contributed by atoms with van der Waals surface area (Å²) in [7, 11) is 0. The average molecular weight is 256 g/mol. The minimum atomic E-state index is 0.205. The molecule has 0 fully saturated rings. The first-order valence-electron chi connectivity index (χ1n) is 4.28. The molecule has 0 spiro atoms. The Morgan fingerprint density at radius 2 is 2.38 bits per heavy atom. The Balaban J connectivity index is 2.02. The molecule has 6 nitrogen and oxygen atoms in total. The third kappa shape index (κ3) is 2.29. The van der Waals surface area contributed by atoms with Crippen LogP contribution in [0.1, 0.15) is 16.6 Å². The van der Waals surface area contributed by atoms with Crippen LogP contribution in [-0.2, 0) is 6.54 Å². The molecule has 0 unspecified atom stereocenters. The number of hydrogen-bond acceptors (Lipinski definition) is 7. The molecule has 0 amide bonds. The lowest BCUT2D eigenvalue weighted by Gasteiger charge is -1.95. The lowest BCUT2D eigenvalue weighted by molar-refractivity contribution is 0.379. The zero-order valence-electron chi connectivity index (χ0n) is 8.19. The lowest BCUT2D eigenvalue weighted by atomic mass is 10.6. The van der Waals surface area contributed by atoms with Crippen LogP contribution in [0.15, 0.2) is 4.52 Å². The SMILES string of the molecule is Cc1noc(CNc2nc(Cl)c(C#N)s2)n1. The number of nitriles is 1. The van der Waals surface area contributed by atoms with Crippen molar-refractivity contribution < 1.29 is 4.52 Å². The fourth-order valence-electron chi connectivity index (χ4n) is 1.01. The smallest absolute Gasteiger partial charge is 0.246 e. The summed E-state index contributed by atoms with van der Waals surface area (Å²) in [6, 6.07) is 1.95. The summed E-state index contributed by atoms with van der Waals surface area (Å²) in [4.78, 5) is 8.36. The van der Waals surface area contributed by atoms with Gasteiger partial charge in [0.1, 0.15) is 10.9 Å². The summed E-state index contributed by atoms with van der Waals surface area (Å²) in [6.45, 7) is 2.09. The Labute approximate surface area is 99.9 Å². The molecule has 1 N–H and O–H groups in total. The zero-order valence-corrected chi connectivity index (χ0v) is 9.76. The highest BCUT2D eigenvalue weighted by atomic mass is 35.5. The van der Waals surface area contributed by atoms with Gasteiger partial charge < -0.3 is 9.84 Å². The summed E-state index contributed by atoms with van der Waals surface area (Å²) >= 11 is 6.90. The summed E-state index contributed by atoms with van der Waals surface area (Å²) in [5.41, 5.74) is 0. The van der Waals surface area contributed by atoms with E-state index in [1.807, 2.05) is 6.07 Å². The first kappa shape index (κ1) is 10.9. The normalized spacial score (nSPS) is 10.1. The van der Waals surface area contributed by atoms with E-state index in [-0.39, 0.29) is 5.15 Å². The third-order valence-corrected chi connectivity index (χ3v) is 2.95. The molecule has 0 aliphatic carbocycles. The monoisotopic (exact) mass is 255 g/mol. The molecule has 2 heterocycles. The van der Waals surface area contributed by atoms with E-state index >= 15 is 0 Å². The van der Waals surface area contributed by atoms with Gasteiger partial charge in [0, 0.05) is 0 Å². The standard InChI is InChI=1S/C8H6ClN5OS/c1-4-12-6(15-14-4)3-11-8-13-7(9)5(2-10)16-8/h3H2,1H3,(H,11,13). The first-order chi connectivity index (χ1) is 7.69. The number of halogens is 1. The highest BCUT2D eigenvalue weighted by Crippen LogP contribution is 2.25. The molecule has 0 saturated heterocycles. The van der Waals surface area contributed by atoms with Gasteiger partial charge in [0.05, 0.1) is 6.54 Å². The highest BCUT2D eigenvalue weighted by molar-refractivity contribution is 7.16. The molecule has 0 aromatic carbocycles. The fourth-order valence-corrected chi connectivity index (χ4v) is 1.95. The molecule has 2 rings (SSSR count). The van der Waals surface area contributed by atoms with E-state index in [4.69, 9.17) is 21.4 Å². The molecule has 0 radical (unpaired) electrons. The Kier molecular flexibility index (Phi) is 3.03. The van der Waals surface area contributed by atoms with Crippen molar-refractivity contribution in [1.82, 2.24) is 15.1 Å². The summed E-state index contributed by atoms with van der Waals surface area (Å²) in [6.07, 6.45) is 0. The third-order valence-electron chi connectivity index (χ3n) is 1.65. The van der Waals surface area contributed by atoms with E-state index in [0.717, 1.165) is 0 Å². The van der Waals surface area contributed by atoms with Crippen LogP contribution in [-0.4, -0.2) is 15.1 Å². The minimum Gasteiger partial charge on any atom is -0.352 e. The number of nitrogens with zero attached hydrogens (tertiary/aromatic N) is 4. The number of aryl methyl sites for hydroxylation is 1. The van der Waals surface area contributed by atoms with E-state index in [2.05, 4.69) is 20.4 Å². The summed E-state index contributed by atoms with van der Waals surface area (Å²) in [5.74, 6) is 1.04. The van der Waals surface area contributed by atoms with Gasteiger partial charge in [-0.1, -0.05) is 28.1 Å². The van der Waals surface area contributed by atoms with Crippen molar-refractivity contribution in [2.24, 2.45) is 0 Å². The van der Waals surface area contributed by atoms with Gasteiger partial charge >= 0.3 is 0 Å². The summed E-state index contributed by atoms with van der Waals surface area (Å²) < 4.78 is 4.90. The topological polar surface area (TPSA) is 87.6 Å². The maximum Gasteiger partial charge on any atom is 0.246 e. The van der Waals surface area contributed by atoms with E-state index in [1.165, 1.54) is 11.3 Å². The van der Waals surface area contributed by atoms with Crippen molar-refractivity contribution in [2.45, 2.75) is 13.5 Å². The van der Waals surface area contributed by atoms with Crippen LogP contribution < -0.4 is 5.32 Å². The van der Waals surface area contributed by atoms with Crippen LogP contribution in [0.5, 0.6) is 0 Å². The number of thiazole rings is 1. The average Bonchev–Trinajstić information content (AvgIpc) is 2.82. The Bertz CT molecular complexity index is 543. The van der Waals surface area contributed by atoms with E-state index in [1.54, 1.807) is 6.92 Å². The zero-order chi connectivity index (χ0) is 11.5. The highest BCUT2D eigenvalue weighted by Gasteiger charge is 2.09. The lowest BCUT2D eigenvalue weighted by Crippen LogP contribution is -1.98. The number of aromatic nitrogens is 3. The van der Waals surface area contributed by atoms with Gasteiger partial charge in [-0.15, -0.1) is 0 Å². The Morgan fingerprint density at radius 3 is 2.94 bits per heavy atom. The van der Waals surface area contributed by atoms with Crippen molar-refractivity contribution in [2.75, 3.05) is 5.32 Å². The Morgan fingerprint density at radius 1 is 1.56 bits per heavy atom. The predicted octanol–water partition coefficient (Wildman–Crippen LogP) is 1.97. The fraction of sp³-hybridized carbons (Fsp3) is 0.250. The molecular formula is C8H6ClN5OS. The van der Waals surface area contributed by atoms with Gasteiger partial charge in [-0.05, 0) is 6.92 Å². The number of hydrogen-bond donors (Lipinski definition) is 1. The maximum atomic E-state index is 8.69. The van der Waals surface area contributed by atoms with Gasteiger partial charge in [-0.25, -0.2) is 4.98 Å². The van der Waals surface area contributed by atoms with Crippen LogP contribution in [0, 0.1) is 18.3 Å². The van der Waals surface area contributed by atoms with E-state index in [0.29, 0.717) is 28.3 Å². The van der Waals surface area contributed by atoms with Crippen molar-refractivity contribution in [1.29, 1.82) is 5.26 Å². The minimum absolute atomic E-state index is 0.205. The first-order valence-corrected chi connectivity index (χ1v) is 5.48. The van der Waals surface area contributed by atoms with Gasteiger partial charge in [0.25, 0.3) is 0 Å². The molecule has 2 aromatic heterocycles. The molecule has 0 atom stereocenters. The van der Waals surface area contributed by atoms with E-state index < -0.39 is 0 Å². The van der Waals surface area contributed by atoms with Crippen molar-refractivity contribution in [3.05, 3.63) is 21.7 Å². The van der Waals surface area contributed by atoms with Crippen LogP contribution in [0.3, 0.4) is 0 Å². The second kappa shape index (κ2) is 4.47. The second-order valence-electron chi connectivity index (χ2n) is 2.84. The van der Waals surface area contributed by atoms with Crippen LogP contribution in [0.25, 0.3) is 0 Å². The van der Waals surface area contributed by atoms with Crippen LogP contribution >= 0.6 is 22.9 Å². The largest absolute Gasteiger partial charge is 0.352 e. The molecule has 82 valence electrons.